The Morgan fingerprint density at radius 1 is 1.01 bits per heavy atom. The minimum atomic E-state index is -4.00. The third-order valence-corrected chi connectivity index (χ3v) is 17.0. The first-order valence-electron chi connectivity index (χ1n) is 24.5. The number of rotatable bonds is 10. The Labute approximate surface area is 400 Å². The van der Waals surface area contributed by atoms with Crippen LogP contribution in [0.3, 0.4) is 0 Å². The van der Waals surface area contributed by atoms with Gasteiger partial charge in [-0.2, -0.15) is 0 Å². The number of sulfonamides is 1. The van der Waals surface area contributed by atoms with Crippen LogP contribution in [0.15, 0.2) is 36.9 Å². The molecule has 17 heteroatoms. The van der Waals surface area contributed by atoms with E-state index in [2.05, 4.69) is 11.3 Å². The van der Waals surface area contributed by atoms with Crippen molar-refractivity contribution in [2.75, 3.05) is 32.8 Å². The molecule has 6 aliphatic rings. The van der Waals surface area contributed by atoms with E-state index in [1.165, 1.54) is 4.90 Å². The maximum absolute atomic E-state index is 15.0. The molecule has 2 bridgehead atoms. The molecule has 2 saturated heterocycles. The number of para-hydroxylation sites is 1. The summed E-state index contributed by atoms with van der Waals surface area (Å²) in [5, 5.41) is 0.770. The van der Waals surface area contributed by atoms with E-state index in [0.29, 0.717) is 49.6 Å². The highest BCUT2D eigenvalue weighted by Gasteiger charge is 2.62. The number of nitrogens with one attached hydrogen (secondary N) is 1. The van der Waals surface area contributed by atoms with E-state index in [4.69, 9.17) is 28.7 Å². The summed E-state index contributed by atoms with van der Waals surface area (Å²) in [4.78, 5) is 78.6. The van der Waals surface area contributed by atoms with Gasteiger partial charge in [-0.15, -0.1) is 6.58 Å². The minimum Gasteiger partial charge on any atom is -0.490 e. The SMILES string of the molecule is C=C[C@@H]1C[C@]1(CC(=O)[C@@H]1C[C@@H]2CN1C(=O)[C@H](C(C)(C)C)CC(=O)O[C@@H]1C[C@H]1CCCCCc1c(nc3ccccc3c1OC[C@H]1CN(C(=O)OC(C)(C)C)CCO1)O2)C(=O)NS(=O)(=O)C1(C)CC1. The van der Waals surface area contributed by atoms with Gasteiger partial charge in [-0.1, -0.05) is 51.8 Å². The van der Waals surface area contributed by atoms with Crippen LogP contribution in [-0.2, 0) is 49.8 Å². The molecule has 16 nitrogen and oxygen atoms in total. The molecule has 2 aromatic rings. The van der Waals surface area contributed by atoms with Gasteiger partial charge in [0.2, 0.25) is 27.7 Å². The van der Waals surface area contributed by atoms with E-state index < -0.39 is 90.9 Å². The number of carbonyl (C=O) groups is 5. The highest BCUT2D eigenvalue weighted by Crippen LogP contribution is 2.57. The summed E-state index contributed by atoms with van der Waals surface area (Å²) in [5.41, 5.74) is -1.37. The zero-order chi connectivity index (χ0) is 49.0. The molecule has 8 atom stereocenters. The molecular formula is C51H70N4O12S. The quantitative estimate of drug-likeness (QED) is 0.192. The Morgan fingerprint density at radius 3 is 2.46 bits per heavy atom. The predicted octanol–water partition coefficient (Wildman–Crippen LogP) is 6.85. The van der Waals surface area contributed by atoms with Crippen LogP contribution in [0, 0.1) is 28.6 Å². The smallest absolute Gasteiger partial charge is 0.410 e. The zero-order valence-corrected chi connectivity index (χ0v) is 41.6. The molecule has 0 unspecified atom stereocenters. The van der Waals surface area contributed by atoms with Crippen molar-refractivity contribution < 1.29 is 56.1 Å². The molecule has 372 valence electrons. The number of Topliss-reactive ketones (excluding diaryl/α,β-unsaturated/α-hetero) is 1. The van der Waals surface area contributed by atoms with Gasteiger partial charge in [0, 0.05) is 24.8 Å². The molecule has 0 radical (unpaired) electrons. The lowest BCUT2D eigenvalue weighted by atomic mass is 9.77. The van der Waals surface area contributed by atoms with Gasteiger partial charge < -0.3 is 33.5 Å². The van der Waals surface area contributed by atoms with Gasteiger partial charge in [-0.25, -0.2) is 18.2 Å². The maximum atomic E-state index is 15.0. The normalized spacial score (nSPS) is 29.8. The first kappa shape index (κ1) is 49.6. The molecule has 3 amide bonds. The summed E-state index contributed by atoms with van der Waals surface area (Å²) in [7, 11) is -4.00. The van der Waals surface area contributed by atoms with Gasteiger partial charge in [0.05, 0.1) is 59.3 Å². The summed E-state index contributed by atoms with van der Waals surface area (Å²) in [5.74, 6) is -2.19. The fourth-order valence-electron chi connectivity index (χ4n) is 10.1. The number of hydrogen-bond acceptors (Lipinski definition) is 13. The summed E-state index contributed by atoms with van der Waals surface area (Å²) in [6.45, 7) is 17.7. The molecular weight excluding hydrogens is 893 g/mol. The Kier molecular flexibility index (Phi) is 13.8. The van der Waals surface area contributed by atoms with Crippen LogP contribution in [-0.4, -0.2) is 120 Å². The van der Waals surface area contributed by atoms with Gasteiger partial charge in [0.25, 0.3) is 0 Å². The van der Waals surface area contributed by atoms with E-state index in [1.54, 1.807) is 17.9 Å². The van der Waals surface area contributed by atoms with Crippen LogP contribution in [0.5, 0.6) is 11.6 Å². The fraction of sp³-hybridized carbons (Fsp3) is 0.686. The molecule has 0 spiro atoms. The fourth-order valence-corrected chi connectivity index (χ4v) is 11.4. The molecule has 1 aromatic heterocycles. The summed E-state index contributed by atoms with van der Waals surface area (Å²) >= 11 is 0. The summed E-state index contributed by atoms with van der Waals surface area (Å²) < 4.78 is 59.1. The predicted molar refractivity (Wildman–Crippen MR) is 252 cm³/mol. The lowest BCUT2D eigenvalue weighted by molar-refractivity contribution is -0.154. The molecule has 1 aromatic carbocycles. The maximum Gasteiger partial charge on any atom is 0.410 e. The van der Waals surface area contributed by atoms with E-state index in [9.17, 15) is 27.6 Å². The van der Waals surface area contributed by atoms with Crippen molar-refractivity contribution in [3.63, 3.8) is 0 Å². The molecule has 3 aliphatic carbocycles. The number of carbonyl (C=O) groups excluding carboxylic acids is 5. The second-order valence-corrected chi connectivity index (χ2v) is 24.6. The number of ether oxygens (including phenoxy) is 5. The monoisotopic (exact) mass is 962 g/mol. The number of hydrogen-bond donors (Lipinski definition) is 1. The topological polar surface area (TPSA) is 197 Å². The van der Waals surface area contributed by atoms with E-state index in [0.717, 1.165) is 43.1 Å². The molecule has 5 fully saturated rings. The molecule has 8 rings (SSSR count). The van der Waals surface area contributed by atoms with E-state index in [1.807, 2.05) is 65.8 Å². The highest BCUT2D eigenvalue weighted by molar-refractivity contribution is 7.91. The van der Waals surface area contributed by atoms with Crippen molar-refractivity contribution >= 4 is 50.6 Å². The van der Waals surface area contributed by atoms with E-state index in [-0.39, 0.29) is 57.4 Å². The Balaban J connectivity index is 1.12. The lowest BCUT2D eigenvalue weighted by Crippen LogP contribution is -2.49. The highest BCUT2D eigenvalue weighted by atomic mass is 32.2. The number of nitrogens with zero attached hydrogens (tertiary/aromatic N) is 3. The lowest BCUT2D eigenvalue weighted by Gasteiger charge is -2.35. The third kappa shape index (κ3) is 10.8. The number of aromatic nitrogens is 1. The number of benzene rings is 1. The molecule has 4 heterocycles. The largest absolute Gasteiger partial charge is 0.490 e. The van der Waals surface area contributed by atoms with Gasteiger partial charge in [-0.3, -0.25) is 23.9 Å². The Hall–Kier alpha value is -4.77. The number of pyridine rings is 1. The summed E-state index contributed by atoms with van der Waals surface area (Å²) in [6.07, 6.45) is 5.20. The van der Waals surface area contributed by atoms with Gasteiger partial charge in [0.1, 0.15) is 36.3 Å². The van der Waals surface area contributed by atoms with Crippen molar-refractivity contribution in [3.8, 4) is 11.6 Å². The molecule has 1 N–H and O–H groups in total. The van der Waals surface area contributed by atoms with Gasteiger partial charge in [0.15, 0.2) is 5.78 Å². The van der Waals surface area contributed by atoms with Crippen LogP contribution >= 0.6 is 0 Å². The van der Waals surface area contributed by atoms with Crippen LogP contribution in [0.25, 0.3) is 10.9 Å². The number of amides is 3. The third-order valence-electron chi connectivity index (χ3n) is 14.8. The molecule has 68 heavy (non-hydrogen) atoms. The number of allylic oxidation sites excluding steroid dienone is 1. The first-order valence-corrected chi connectivity index (χ1v) is 26.0. The van der Waals surface area contributed by atoms with Crippen molar-refractivity contribution in [2.45, 2.75) is 160 Å². The Bertz CT molecular complexity index is 2420. The Morgan fingerprint density at radius 2 is 1.76 bits per heavy atom. The molecule has 3 saturated carbocycles. The minimum absolute atomic E-state index is 0.0149. The van der Waals surface area contributed by atoms with Crippen molar-refractivity contribution in [1.29, 1.82) is 0 Å². The van der Waals surface area contributed by atoms with Crippen molar-refractivity contribution in [3.05, 3.63) is 42.5 Å². The van der Waals surface area contributed by atoms with Crippen LogP contribution in [0.2, 0.25) is 0 Å². The van der Waals surface area contributed by atoms with Crippen LogP contribution in [0.1, 0.15) is 125 Å². The van der Waals surface area contributed by atoms with Crippen molar-refractivity contribution in [1.82, 2.24) is 19.5 Å². The summed E-state index contributed by atoms with van der Waals surface area (Å²) in [6, 6.07) is 6.54. The standard InChI is InChI=1S/C51H70N4O12S/c1-9-32-26-51(32,46(59)53-68(61,62)50(8)19-20-50)27-40(56)39-24-33-29-55(39)45(58)37(48(2,3)4)25-42(57)66-41-23-31(41)15-11-10-12-17-36-43(35-16-13-14-18-38(35)52-44(36)65-33)64-30-34-28-54(21-22-63-34)47(60)67-49(5,6)7/h9,13-14,16,18,31-34,37,39,41H,1,10-12,15,17,19-30H2,2-8H3,(H,53,59)/t31-,32-,33-,34-,37-,39+,41-,51-/m1/s1. The number of ketones is 1. The second-order valence-electron chi connectivity index (χ2n) is 22.4. The van der Waals surface area contributed by atoms with Crippen LogP contribution in [0.4, 0.5) is 4.79 Å². The van der Waals surface area contributed by atoms with E-state index >= 15 is 4.79 Å². The van der Waals surface area contributed by atoms with Crippen LogP contribution < -0.4 is 14.2 Å². The first-order chi connectivity index (χ1) is 32.0. The molecule has 3 aliphatic heterocycles. The zero-order valence-electron chi connectivity index (χ0n) is 40.8. The van der Waals surface area contributed by atoms with Crippen molar-refractivity contribution in [2.24, 2.45) is 28.6 Å². The number of fused-ring (bicyclic) bond motifs is 5. The number of esters is 1. The average molecular weight is 963 g/mol. The van der Waals surface area contributed by atoms with Gasteiger partial charge >= 0.3 is 12.1 Å². The van der Waals surface area contributed by atoms with Gasteiger partial charge in [-0.05, 0) is 102 Å². The second kappa shape index (κ2) is 18.9. The number of morpholine rings is 1. The average Bonchev–Trinajstić information content (AvgIpc) is 4.23.